The average Bonchev–Trinajstić information content (AvgIpc) is 3.19. The quantitative estimate of drug-likeness (QED) is 0.467. The zero-order chi connectivity index (χ0) is 18.2. The molecule has 1 aliphatic rings. The van der Waals surface area contributed by atoms with Gasteiger partial charge in [-0.05, 0) is 51.5 Å². The molecule has 4 aromatic rings. The Kier molecular flexibility index (Phi) is 2.84. The second-order valence-corrected chi connectivity index (χ2v) is 7.55. The normalized spacial score (nSPS) is 16.7. The van der Waals surface area contributed by atoms with E-state index in [1.807, 2.05) is 19.1 Å². The van der Waals surface area contributed by atoms with Crippen molar-refractivity contribution in [2.45, 2.75) is 33.4 Å². The maximum atomic E-state index is 6.37. The highest BCUT2D eigenvalue weighted by Gasteiger charge is 2.35. The summed E-state index contributed by atoms with van der Waals surface area (Å²) in [7, 11) is 2.08. The maximum Gasteiger partial charge on any atom is 0.230 e. The maximum absolute atomic E-state index is 6.37. The molecule has 5 heteroatoms. The third-order valence-electron chi connectivity index (χ3n) is 5.56. The highest BCUT2D eigenvalue weighted by atomic mass is 16.4. The lowest BCUT2D eigenvalue weighted by molar-refractivity contribution is 0.253. The van der Waals surface area contributed by atoms with Crippen LogP contribution >= 0.6 is 0 Å². The van der Waals surface area contributed by atoms with Crippen LogP contribution in [0.4, 0.5) is 5.69 Å². The number of pyridine rings is 1. The van der Waals surface area contributed by atoms with Crippen molar-refractivity contribution in [3.8, 4) is 0 Å². The molecule has 132 valence electrons. The number of nitrogens with zero attached hydrogens (tertiary/aromatic N) is 3. The molecule has 26 heavy (non-hydrogen) atoms. The van der Waals surface area contributed by atoms with Crippen LogP contribution in [0.1, 0.15) is 25.1 Å². The summed E-state index contributed by atoms with van der Waals surface area (Å²) < 4.78 is 12.4. The van der Waals surface area contributed by atoms with E-state index in [-0.39, 0.29) is 5.66 Å². The van der Waals surface area contributed by atoms with Crippen molar-refractivity contribution in [3.05, 3.63) is 47.9 Å². The monoisotopic (exact) mass is 347 g/mol. The van der Waals surface area contributed by atoms with Gasteiger partial charge in [-0.2, -0.15) is 0 Å². The Bertz CT molecular complexity index is 1210. The van der Waals surface area contributed by atoms with Gasteiger partial charge in [-0.1, -0.05) is 6.07 Å². The van der Waals surface area contributed by atoms with Crippen LogP contribution in [0, 0.1) is 13.8 Å². The van der Waals surface area contributed by atoms with Crippen LogP contribution in [0.5, 0.6) is 0 Å². The van der Waals surface area contributed by atoms with Crippen LogP contribution in [0.25, 0.3) is 33.2 Å². The molecule has 0 aliphatic carbocycles. The molecule has 1 aliphatic heterocycles. The number of rotatable bonds is 1. The third-order valence-corrected chi connectivity index (χ3v) is 5.56. The minimum atomic E-state index is -0.173. The van der Waals surface area contributed by atoms with Crippen molar-refractivity contribution in [1.82, 2.24) is 9.88 Å². The zero-order valence-corrected chi connectivity index (χ0v) is 15.6. The first kappa shape index (κ1) is 15.3. The summed E-state index contributed by atoms with van der Waals surface area (Å²) in [5.41, 5.74) is 6.02. The van der Waals surface area contributed by atoms with E-state index < -0.39 is 0 Å². The van der Waals surface area contributed by atoms with Gasteiger partial charge in [0, 0.05) is 25.1 Å². The summed E-state index contributed by atoms with van der Waals surface area (Å²) in [5, 5.41) is 1.90. The molecule has 0 saturated carbocycles. The van der Waals surface area contributed by atoms with E-state index in [4.69, 9.17) is 8.83 Å². The van der Waals surface area contributed by atoms with Gasteiger partial charge in [0.15, 0.2) is 16.7 Å². The fourth-order valence-electron chi connectivity index (χ4n) is 3.73. The standard InChI is InChI=1S/C21H21N3O2/c1-12-6-8-14-17(16(12)24-11-10-23(5)21(24,3)4)25-19-15-9-7-13(2)22-20(15)26-18(14)19/h6-11H,1-5H3. The predicted octanol–water partition coefficient (Wildman–Crippen LogP) is 5.30. The van der Waals surface area contributed by atoms with Crippen molar-refractivity contribution in [2.24, 2.45) is 0 Å². The summed E-state index contributed by atoms with van der Waals surface area (Å²) in [6.45, 7) is 8.47. The van der Waals surface area contributed by atoms with Crippen LogP contribution in [0.15, 0.2) is 45.5 Å². The van der Waals surface area contributed by atoms with Crippen molar-refractivity contribution in [1.29, 1.82) is 0 Å². The van der Waals surface area contributed by atoms with Gasteiger partial charge in [-0.25, -0.2) is 4.98 Å². The number of fused-ring (bicyclic) bond motifs is 5. The first-order chi connectivity index (χ1) is 12.4. The molecule has 0 amide bonds. The van der Waals surface area contributed by atoms with Gasteiger partial charge >= 0.3 is 0 Å². The molecule has 0 atom stereocenters. The zero-order valence-electron chi connectivity index (χ0n) is 15.6. The van der Waals surface area contributed by atoms with E-state index in [0.29, 0.717) is 5.71 Å². The largest absolute Gasteiger partial charge is 0.450 e. The molecular weight excluding hydrogens is 326 g/mol. The Morgan fingerprint density at radius 2 is 1.62 bits per heavy atom. The molecule has 0 N–H and O–H groups in total. The molecule has 0 spiro atoms. The molecule has 3 aromatic heterocycles. The fourth-order valence-corrected chi connectivity index (χ4v) is 3.73. The van der Waals surface area contributed by atoms with Crippen LogP contribution in [0.2, 0.25) is 0 Å². The van der Waals surface area contributed by atoms with Crippen molar-refractivity contribution in [2.75, 3.05) is 11.9 Å². The van der Waals surface area contributed by atoms with Gasteiger partial charge in [-0.3, -0.25) is 0 Å². The molecule has 0 radical (unpaired) electrons. The fraction of sp³-hybridized carbons (Fsp3) is 0.286. The molecule has 5 nitrogen and oxygen atoms in total. The molecule has 0 fully saturated rings. The van der Waals surface area contributed by atoms with E-state index in [1.54, 1.807) is 0 Å². The number of aryl methyl sites for hydroxylation is 2. The van der Waals surface area contributed by atoms with Gasteiger partial charge in [0.1, 0.15) is 5.66 Å². The number of anilines is 1. The van der Waals surface area contributed by atoms with Gasteiger partial charge in [-0.15, -0.1) is 0 Å². The minimum absolute atomic E-state index is 0.173. The van der Waals surface area contributed by atoms with Gasteiger partial charge in [0.25, 0.3) is 0 Å². The van der Waals surface area contributed by atoms with Gasteiger partial charge in [0.2, 0.25) is 5.71 Å². The summed E-state index contributed by atoms with van der Waals surface area (Å²) in [4.78, 5) is 8.94. The lowest BCUT2D eigenvalue weighted by Gasteiger charge is -2.38. The average molecular weight is 347 g/mol. The predicted molar refractivity (Wildman–Crippen MR) is 104 cm³/mol. The highest BCUT2D eigenvalue weighted by molar-refractivity contribution is 6.14. The van der Waals surface area contributed by atoms with Crippen LogP contribution in [-0.4, -0.2) is 22.6 Å². The van der Waals surface area contributed by atoms with E-state index in [9.17, 15) is 0 Å². The summed E-state index contributed by atoms with van der Waals surface area (Å²) in [5.74, 6) is 0. The Hall–Kier alpha value is -2.95. The number of benzene rings is 1. The topological polar surface area (TPSA) is 45.7 Å². The Labute approximate surface area is 151 Å². The van der Waals surface area contributed by atoms with Crippen LogP contribution < -0.4 is 4.90 Å². The van der Waals surface area contributed by atoms with E-state index >= 15 is 0 Å². The van der Waals surface area contributed by atoms with Crippen LogP contribution in [-0.2, 0) is 0 Å². The number of hydrogen-bond donors (Lipinski definition) is 0. The number of furan rings is 2. The van der Waals surface area contributed by atoms with Gasteiger partial charge < -0.3 is 18.6 Å². The third kappa shape index (κ3) is 1.83. The molecule has 0 unspecified atom stereocenters. The Balaban J connectivity index is 1.85. The number of aromatic nitrogens is 1. The van der Waals surface area contributed by atoms with E-state index in [2.05, 4.69) is 67.1 Å². The number of hydrogen-bond acceptors (Lipinski definition) is 5. The summed E-state index contributed by atoms with van der Waals surface area (Å²) >= 11 is 0. The lowest BCUT2D eigenvalue weighted by atomic mass is 10.1. The first-order valence-corrected chi connectivity index (χ1v) is 8.80. The minimum Gasteiger partial charge on any atom is -0.450 e. The Morgan fingerprint density at radius 3 is 2.35 bits per heavy atom. The molecule has 4 heterocycles. The molecular formula is C21H21N3O2. The molecule has 0 saturated heterocycles. The van der Waals surface area contributed by atoms with Crippen LogP contribution in [0.3, 0.4) is 0 Å². The van der Waals surface area contributed by atoms with Crippen molar-refractivity contribution >= 4 is 38.9 Å². The second kappa shape index (κ2) is 4.81. The molecule has 0 bridgehead atoms. The second-order valence-electron chi connectivity index (χ2n) is 7.55. The molecule has 5 rings (SSSR count). The van der Waals surface area contributed by atoms with Gasteiger partial charge in [0.05, 0.1) is 16.5 Å². The highest BCUT2D eigenvalue weighted by Crippen LogP contribution is 2.44. The van der Waals surface area contributed by atoms with Crippen molar-refractivity contribution < 1.29 is 8.83 Å². The van der Waals surface area contributed by atoms with E-state index in [1.165, 1.54) is 5.56 Å². The summed E-state index contributed by atoms with van der Waals surface area (Å²) in [6, 6.07) is 8.20. The lowest BCUT2D eigenvalue weighted by Crippen LogP contribution is -2.46. The first-order valence-electron chi connectivity index (χ1n) is 8.80. The van der Waals surface area contributed by atoms with E-state index in [0.717, 1.165) is 38.9 Å². The smallest absolute Gasteiger partial charge is 0.230 e. The molecule has 1 aromatic carbocycles. The Morgan fingerprint density at radius 1 is 0.885 bits per heavy atom. The summed E-state index contributed by atoms with van der Waals surface area (Å²) in [6.07, 6.45) is 4.20. The SMILES string of the molecule is Cc1ccc2c(n1)oc1c3ccc(C)c(N4C=CN(C)C4(C)C)c3oc21. The van der Waals surface area contributed by atoms with Crippen molar-refractivity contribution in [3.63, 3.8) is 0 Å².